The summed E-state index contributed by atoms with van der Waals surface area (Å²) in [5.74, 6) is 0. The van der Waals surface area contributed by atoms with Crippen molar-refractivity contribution >= 4 is 43.6 Å². The third-order valence-corrected chi connectivity index (χ3v) is 9.13. The van der Waals surface area contributed by atoms with E-state index in [9.17, 15) is 5.26 Å². The Labute approximate surface area is 266 Å². The average molecular weight is 586 g/mol. The fraction of sp³-hybridized carbons (Fsp3) is 0. The number of hydrogen-bond donors (Lipinski definition) is 0. The van der Waals surface area contributed by atoms with Crippen molar-refractivity contribution in [2.45, 2.75) is 0 Å². The molecule has 2 aromatic heterocycles. The van der Waals surface area contributed by atoms with E-state index >= 15 is 0 Å². The maximum Gasteiger partial charge on any atom is 0.0991 e. The van der Waals surface area contributed by atoms with Crippen LogP contribution in [0.1, 0.15) is 5.56 Å². The predicted octanol–water partition coefficient (Wildman–Crippen LogP) is 11.1. The number of benzene rings is 7. The fourth-order valence-corrected chi connectivity index (χ4v) is 7.10. The molecule has 0 radical (unpaired) electrons. The third kappa shape index (κ3) is 3.98. The second-order valence-corrected chi connectivity index (χ2v) is 11.7. The zero-order valence-electron chi connectivity index (χ0n) is 24.9. The fourth-order valence-electron chi connectivity index (χ4n) is 7.10. The molecule has 0 N–H and O–H groups in total. The summed E-state index contributed by atoms with van der Waals surface area (Å²) in [6, 6.07) is 60.1. The molecule has 0 saturated heterocycles. The van der Waals surface area contributed by atoms with Crippen LogP contribution in [0.5, 0.6) is 0 Å². The minimum atomic E-state index is 0.660. The number of nitrogens with zero attached hydrogens (tertiary/aromatic N) is 3. The van der Waals surface area contributed by atoms with Crippen molar-refractivity contribution < 1.29 is 0 Å². The molecule has 0 bridgehead atoms. The van der Waals surface area contributed by atoms with Gasteiger partial charge in [0.05, 0.1) is 33.7 Å². The van der Waals surface area contributed by atoms with Crippen molar-refractivity contribution in [3.63, 3.8) is 0 Å². The molecule has 0 aliphatic heterocycles. The van der Waals surface area contributed by atoms with Gasteiger partial charge in [0.15, 0.2) is 0 Å². The first-order chi connectivity index (χ1) is 22.8. The zero-order chi connectivity index (χ0) is 30.6. The van der Waals surface area contributed by atoms with E-state index in [4.69, 9.17) is 0 Å². The minimum Gasteiger partial charge on any atom is -0.309 e. The van der Waals surface area contributed by atoms with Crippen molar-refractivity contribution in [1.29, 1.82) is 5.26 Å². The van der Waals surface area contributed by atoms with Gasteiger partial charge in [0, 0.05) is 32.9 Å². The van der Waals surface area contributed by atoms with Crippen molar-refractivity contribution in [2.24, 2.45) is 0 Å². The summed E-state index contributed by atoms with van der Waals surface area (Å²) in [7, 11) is 0. The average Bonchev–Trinajstić information content (AvgIpc) is 3.65. The first-order valence-corrected chi connectivity index (χ1v) is 15.5. The van der Waals surface area contributed by atoms with Crippen molar-refractivity contribution in [3.05, 3.63) is 169 Å². The summed E-state index contributed by atoms with van der Waals surface area (Å²) in [4.78, 5) is 0. The van der Waals surface area contributed by atoms with E-state index in [-0.39, 0.29) is 0 Å². The normalized spacial score (nSPS) is 11.5. The molecule has 3 nitrogen and oxygen atoms in total. The van der Waals surface area contributed by atoms with E-state index < -0.39 is 0 Å². The molecular formula is C43H27N3. The maximum absolute atomic E-state index is 9.49. The van der Waals surface area contributed by atoms with Crippen LogP contribution in [-0.2, 0) is 0 Å². The third-order valence-electron chi connectivity index (χ3n) is 9.13. The standard InChI is InChI=1S/C43H27N3/c44-28-29-10-8-13-32(26-29)33-14-9-15-35(27-33)46-39-19-7-5-17-37(39)43-41(46)25-24-40-42(43)36-16-4-6-18-38(36)45(40)34-22-20-31(21-23-34)30-11-2-1-3-12-30/h1-27H. The second-order valence-electron chi connectivity index (χ2n) is 11.7. The number of aromatic nitrogens is 2. The lowest BCUT2D eigenvalue weighted by Gasteiger charge is -2.11. The van der Waals surface area contributed by atoms with Crippen LogP contribution >= 0.6 is 0 Å². The Hall–Kier alpha value is -6.37. The molecular weight excluding hydrogens is 558 g/mol. The van der Waals surface area contributed by atoms with Gasteiger partial charge in [-0.15, -0.1) is 0 Å². The van der Waals surface area contributed by atoms with E-state index in [1.54, 1.807) is 0 Å². The van der Waals surface area contributed by atoms with Crippen molar-refractivity contribution in [1.82, 2.24) is 9.13 Å². The predicted molar refractivity (Wildman–Crippen MR) is 191 cm³/mol. The number of hydrogen-bond acceptors (Lipinski definition) is 1. The summed E-state index contributed by atoms with van der Waals surface area (Å²) < 4.78 is 4.77. The Balaban J connectivity index is 1.30. The Morgan fingerprint density at radius 3 is 1.54 bits per heavy atom. The maximum atomic E-state index is 9.49. The van der Waals surface area contributed by atoms with Crippen molar-refractivity contribution in [2.75, 3.05) is 0 Å². The molecule has 214 valence electrons. The van der Waals surface area contributed by atoms with Gasteiger partial charge in [0.1, 0.15) is 0 Å². The summed E-state index contributed by atoms with van der Waals surface area (Å²) >= 11 is 0. The minimum absolute atomic E-state index is 0.660. The molecule has 2 heterocycles. The molecule has 9 aromatic rings. The summed E-state index contributed by atoms with van der Waals surface area (Å²) in [6.45, 7) is 0. The number of rotatable bonds is 4. The van der Waals surface area contributed by atoms with Gasteiger partial charge in [-0.25, -0.2) is 0 Å². The van der Waals surface area contributed by atoms with Gasteiger partial charge in [-0.3, -0.25) is 0 Å². The molecule has 9 rings (SSSR count). The number of fused-ring (bicyclic) bond motifs is 7. The molecule has 0 saturated carbocycles. The van der Waals surface area contributed by atoms with Crippen LogP contribution in [-0.4, -0.2) is 9.13 Å². The largest absolute Gasteiger partial charge is 0.309 e. The van der Waals surface area contributed by atoms with Crippen LogP contribution in [0.3, 0.4) is 0 Å². The molecule has 3 heteroatoms. The lowest BCUT2D eigenvalue weighted by molar-refractivity contribution is 1.17. The second kappa shape index (κ2) is 10.4. The molecule has 0 fully saturated rings. The number of para-hydroxylation sites is 2. The van der Waals surface area contributed by atoms with Gasteiger partial charge in [-0.2, -0.15) is 5.26 Å². The smallest absolute Gasteiger partial charge is 0.0991 e. The molecule has 0 aliphatic carbocycles. The highest BCUT2D eigenvalue weighted by atomic mass is 15.0. The van der Waals surface area contributed by atoms with E-state index in [1.807, 2.05) is 18.2 Å². The first kappa shape index (κ1) is 26.1. The highest BCUT2D eigenvalue weighted by molar-refractivity contribution is 6.28. The Morgan fingerprint density at radius 2 is 0.891 bits per heavy atom. The Morgan fingerprint density at radius 1 is 0.370 bits per heavy atom. The van der Waals surface area contributed by atoms with Gasteiger partial charge in [0.2, 0.25) is 0 Å². The quantitative estimate of drug-likeness (QED) is 0.202. The van der Waals surface area contributed by atoms with Crippen LogP contribution in [0.4, 0.5) is 0 Å². The van der Waals surface area contributed by atoms with Gasteiger partial charge in [-0.1, -0.05) is 103 Å². The van der Waals surface area contributed by atoms with Crippen LogP contribution in [0, 0.1) is 11.3 Å². The van der Waals surface area contributed by atoms with E-state index in [2.05, 4.69) is 161 Å². The summed E-state index contributed by atoms with van der Waals surface area (Å²) in [6.07, 6.45) is 0. The van der Waals surface area contributed by atoms with Gasteiger partial charge in [0.25, 0.3) is 0 Å². The van der Waals surface area contributed by atoms with E-state index in [0.29, 0.717) is 5.56 Å². The first-order valence-electron chi connectivity index (χ1n) is 15.5. The highest BCUT2D eigenvalue weighted by Crippen LogP contribution is 2.42. The van der Waals surface area contributed by atoms with E-state index in [0.717, 1.165) is 28.0 Å². The number of nitriles is 1. The molecule has 0 aliphatic rings. The molecule has 7 aromatic carbocycles. The van der Waals surface area contributed by atoms with Crippen LogP contribution in [0.15, 0.2) is 164 Å². The lowest BCUT2D eigenvalue weighted by atomic mass is 10.0. The monoisotopic (exact) mass is 585 g/mol. The topological polar surface area (TPSA) is 33.6 Å². The summed E-state index contributed by atoms with van der Waals surface area (Å²) in [5, 5.41) is 14.5. The van der Waals surface area contributed by atoms with Crippen LogP contribution in [0.25, 0.3) is 77.2 Å². The van der Waals surface area contributed by atoms with Gasteiger partial charge >= 0.3 is 0 Å². The van der Waals surface area contributed by atoms with Gasteiger partial charge < -0.3 is 9.13 Å². The lowest BCUT2D eigenvalue weighted by Crippen LogP contribution is -1.95. The molecule has 46 heavy (non-hydrogen) atoms. The molecule has 0 amide bonds. The highest BCUT2D eigenvalue weighted by Gasteiger charge is 2.20. The van der Waals surface area contributed by atoms with Gasteiger partial charge in [-0.05, 0) is 82.9 Å². The molecule has 0 atom stereocenters. The summed E-state index contributed by atoms with van der Waals surface area (Å²) in [5.41, 5.74) is 12.1. The SMILES string of the molecule is N#Cc1cccc(-c2cccc(-n3c4ccccc4c4c5c6ccccc6n(-c6ccc(-c7ccccc7)cc6)c5ccc43)c2)c1. The Bertz CT molecular complexity index is 2630. The van der Waals surface area contributed by atoms with Crippen LogP contribution in [0.2, 0.25) is 0 Å². The molecule has 0 spiro atoms. The Kier molecular flexibility index (Phi) is 5.88. The molecule has 0 unspecified atom stereocenters. The van der Waals surface area contributed by atoms with Crippen LogP contribution < -0.4 is 0 Å². The van der Waals surface area contributed by atoms with E-state index in [1.165, 1.54) is 49.2 Å². The van der Waals surface area contributed by atoms with Crippen molar-refractivity contribution in [3.8, 4) is 39.7 Å². The zero-order valence-corrected chi connectivity index (χ0v) is 24.9.